The number of aryl methyl sites for hydroxylation is 1. The number of hydrogen-bond acceptors (Lipinski definition) is 3. The molecule has 2 aromatic rings. The smallest absolute Gasteiger partial charge is 0.235 e. The Morgan fingerprint density at radius 1 is 1.17 bits per heavy atom. The lowest BCUT2D eigenvalue weighted by Gasteiger charge is -2.28. The maximum Gasteiger partial charge on any atom is 0.235 e. The Balaban J connectivity index is 2.18. The molecule has 4 nitrogen and oxygen atoms in total. The zero-order valence-corrected chi connectivity index (χ0v) is 16.1. The quantitative estimate of drug-likeness (QED) is 0.777. The summed E-state index contributed by atoms with van der Waals surface area (Å²) in [7, 11) is 2.76. The molecule has 0 spiro atoms. The molecule has 128 valence electrons. The zero-order chi connectivity index (χ0) is 17.7. The highest BCUT2D eigenvalue weighted by atomic mass is 31.2. The van der Waals surface area contributed by atoms with Crippen LogP contribution in [0, 0.1) is 6.92 Å². The molecule has 3 rings (SSSR count). The average molecular weight is 344 g/mol. The molecule has 5 heteroatoms. The van der Waals surface area contributed by atoms with Gasteiger partial charge in [0.15, 0.2) is 5.50 Å². The fourth-order valence-electron chi connectivity index (χ4n) is 3.37. The first-order chi connectivity index (χ1) is 11.2. The molecule has 0 unspecified atom stereocenters. The maximum atomic E-state index is 13.8. The second-order valence-corrected chi connectivity index (χ2v) is 9.81. The summed E-state index contributed by atoms with van der Waals surface area (Å²) in [6, 6.07) is 12.0. The van der Waals surface area contributed by atoms with E-state index >= 15 is 0 Å². The summed E-state index contributed by atoms with van der Waals surface area (Å²) in [5.74, 6) is 2.68. The number of likely N-dealkylation sites (N-methyl/N-ethyl adjacent to an activating group) is 1. The predicted octanol–water partition coefficient (Wildman–Crippen LogP) is 4.32. The summed E-state index contributed by atoms with van der Waals surface area (Å²) in [5, 5.41) is 0. The van der Waals surface area contributed by atoms with Crippen molar-refractivity contribution < 1.29 is 8.98 Å². The molecular weight excluding hydrogens is 319 g/mol. The first kappa shape index (κ1) is 17.1. The van der Waals surface area contributed by atoms with E-state index in [0.29, 0.717) is 5.50 Å². The number of allylic oxidation sites excluding steroid dienone is 1. The molecule has 1 aliphatic rings. The Kier molecular flexibility index (Phi) is 4.01. The molecule has 0 radical (unpaired) electrons. The van der Waals surface area contributed by atoms with Gasteiger partial charge in [-0.1, -0.05) is 32.0 Å². The number of furan rings is 1. The van der Waals surface area contributed by atoms with Gasteiger partial charge in [0.25, 0.3) is 0 Å². The second kappa shape index (κ2) is 5.65. The van der Waals surface area contributed by atoms with Gasteiger partial charge in [0, 0.05) is 29.7 Å². The van der Waals surface area contributed by atoms with Crippen molar-refractivity contribution in [1.82, 2.24) is 4.67 Å². The number of benzene rings is 1. The number of nitrogens with zero attached hydrogens (tertiary/aromatic N) is 2. The van der Waals surface area contributed by atoms with Crippen LogP contribution in [0.5, 0.6) is 0 Å². The van der Waals surface area contributed by atoms with Gasteiger partial charge in [-0.15, -0.1) is 0 Å². The highest BCUT2D eigenvalue weighted by Gasteiger charge is 2.41. The van der Waals surface area contributed by atoms with E-state index in [1.165, 1.54) is 5.56 Å². The van der Waals surface area contributed by atoms with Crippen LogP contribution in [0.25, 0.3) is 0 Å². The number of fused-ring (bicyclic) bond motifs is 1. The Bertz CT molecular complexity index is 849. The summed E-state index contributed by atoms with van der Waals surface area (Å²) in [4.78, 5) is 2.14. The minimum atomic E-state index is -2.95. The van der Waals surface area contributed by atoms with E-state index in [2.05, 4.69) is 36.9 Å². The third kappa shape index (κ3) is 2.45. The molecule has 0 fully saturated rings. The second-order valence-electron chi connectivity index (χ2n) is 7.07. The van der Waals surface area contributed by atoms with E-state index in [0.717, 1.165) is 17.1 Å². The first-order valence-electron chi connectivity index (χ1n) is 8.09. The third-order valence-corrected chi connectivity index (χ3v) is 7.53. The van der Waals surface area contributed by atoms with E-state index in [4.69, 9.17) is 4.42 Å². The molecule has 0 N–H and O–H groups in total. The van der Waals surface area contributed by atoms with Gasteiger partial charge >= 0.3 is 0 Å². The van der Waals surface area contributed by atoms with E-state index < -0.39 is 7.29 Å². The standard InChI is InChI=1S/C19H25N2O2P/c1-14-11-12-18(23-14)24(22,20(4)5)13-17-19(2,3)15-9-7-8-10-16(15)21(17)6/h7-13H,1-6H3/b17-13+/t24-/m1/s1. The number of rotatable bonds is 3. The van der Waals surface area contributed by atoms with Crippen LogP contribution in [0.2, 0.25) is 0 Å². The van der Waals surface area contributed by atoms with Crippen molar-refractivity contribution in [1.29, 1.82) is 0 Å². The van der Waals surface area contributed by atoms with Gasteiger partial charge in [-0.3, -0.25) is 9.24 Å². The lowest BCUT2D eigenvalue weighted by molar-refractivity contribution is 0.506. The summed E-state index contributed by atoms with van der Waals surface area (Å²) in [5.41, 5.74) is 3.76. The van der Waals surface area contributed by atoms with Crippen LogP contribution >= 0.6 is 7.29 Å². The van der Waals surface area contributed by atoms with E-state index in [1.807, 2.05) is 52.1 Å². The van der Waals surface area contributed by atoms with Crippen molar-refractivity contribution in [2.24, 2.45) is 0 Å². The van der Waals surface area contributed by atoms with Gasteiger partial charge in [-0.05, 0) is 44.8 Å². The Labute approximate surface area is 144 Å². The van der Waals surface area contributed by atoms with Crippen LogP contribution in [0.15, 0.2) is 52.3 Å². The van der Waals surface area contributed by atoms with Gasteiger partial charge in [0.1, 0.15) is 5.76 Å². The average Bonchev–Trinajstić information content (AvgIpc) is 3.04. The Morgan fingerprint density at radius 3 is 2.38 bits per heavy atom. The minimum Gasteiger partial charge on any atom is -0.457 e. The van der Waals surface area contributed by atoms with Crippen LogP contribution in [-0.2, 0) is 9.98 Å². The van der Waals surface area contributed by atoms with Crippen molar-refractivity contribution in [2.45, 2.75) is 26.2 Å². The normalized spacial score (nSPS) is 20.5. The molecule has 1 aliphatic heterocycles. The topological polar surface area (TPSA) is 36.7 Å². The zero-order valence-electron chi connectivity index (χ0n) is 15.2. The lowest BCUT2D eigenvalue weighted by Crippen LogP contribution is -2.25. The van der Waals surface area contributed by atoms with Gasteiger partial charge in [-0.25, -0.2) is 0 Å². The monoisotopic (exact) mass is 344 g/mol. The molecule has 0 saturated heterocycles. The molecule has 1 aromatic carbocycles. The van der Waals surface area contributed by atoms with Gasteiger partial charge in [-0.2, -0.15) is 0 Å². The Hall–Kier alpha value is -1.77. The summed E-state index contributed by atoms with van der Waals surface area (Å²) >= 11 is 0. The minimum absolute atomic E-state index is 0.210. The van der Waals surface area contributed by atoms with Crippen LogP contribution in [-0.4, -0.2) is 25.8 Å². The SMILES string of the molecule is Cc1ccc([P@](=O)(/C=C2/N(C)c3ccccc3C2(C)C)N(C)C)o1. The summed E-state index contributed by atoms with van der Waals surface area (Å²) in [6.07, 6.45) is 0. The Morgan fingerprint density at radius 2 is 1.83 bits per heavy atom. The van der Waals surface area contributed by atoms with E-state index in [-0.39, 0.29) is 5.41 Å². The van der Waals surface area contributed by atoms with E-state index in [9.17, 15) is 4.57 Å². The van der Waals surface area contributed by atoms with Gasteiger partial charge in [0.05, 0.1) is 0 Å². The number of hydrogen-bond donors (Lipinski definition) is 0. The molecule has 0 bridgehead atoms. The molecule has 0 amide bonds. The van der Waals surface area contributed by atoms with Gasteiger partial charge in [0.2, 0.25) is 7.29 Å². The van der Waals surface area contributed by atoms with Crippen molar-refractivity contribution in [3.05, 3.63) is 59.2 Å². The first-order valence-corrected chi connectivity index (χ1v) is 9.82. The van der Waals surface area contributed by atoms with Crippen LogP contribution in [0.3, 0.4) is 0 Å². The molecule has 1 aromatic heterocycles. The number of anilines is 1. The van der Waals surface area contributed by atoms with E-state index in [1.54, 1.807) is 4.67 Å². The molecule has 0 saturated carbocycles. The molecular formula is C19H25N2O2P. The van der Waals surface area contributed by atoms with Crippen molar-refractivity contribution in [3.8, 4) is 0 Å². The van der Waals surface area contributed by atoms with Crippen molar-refractivity contribution in [3.63, 3.8) is 0 Å². The predicted molar refractivity (Wildman–Crippen MR) is 100 cm³/mol. The fourth-order valence-corrected chi connectivity index (χ4v) is 5.51. The highest BCUT2D eigenvalue weighted by Crippen LogP contribution is 2.55. The lowest BCUT2D eigenvalue weighted by atomic mass is 9.84. The maximum absolute atomic E-state index is 13.8. The fraction of sp³-hybridized carbons (Fsp3) is 0.368. The highest BCUT2D eigenvalue weighted by molar-refractivity contribution is 7.71. The molecule has 1 atom stereocenters. The van der Waals surface area contributed by atoms with Crippen LogP contribution in [0.4, 0.5) is 5.69 Å². The molecule has 2 heterocycles. The number of para-hydroxylation sites is 1. The van der Waals surface area contributed by atoms with Crippen molar-refractivity contribution >= 4 is 18.5 Å². The molecule has 0 aliphatic carbocycles. The van der Waals surface area contributed by atoms with Crippen LogP contribution in [0.1, 0.15) is 25.2 Å². The summed E-state index contributed by atoms with van der Waals surface area (Å²) in [6.45, 7) is 6.22. The van der Waals surface area contributed by atoms with Crippen molar-refractivity contribution in [2.75, 3.05) is 26.0 Å². The molecule has 24 heavy (non-hydrogen) atoms. The van der Waals surface area contributed by atoms with Crippen LogP contribution < -0.4 is 10.4 Å². The largest absolute Gasteiger partial charge is 0.457 e. The third-order valence-electron chi connectivity index (χ3n) is 4.87. The van der Waals surface area contributed by atoms with Gasteiger partial charge < -0.3 is 9.32 Å². The summed E-state index contributed by atoms with van der Waals surface area (Å²) < 4.78 is 21.3.